The number of anilines is 1. The van der Waals surface area contributed by atoms with Crippen molar-refractivity contribution < 1.29 is 9.59 Å². The molecule has 0 aliphatic carbocycles. The van der Waals surface area contributed by atoms with Gasteiger partial charge in [-0.25, -0.2) is 0 Å². The number of likely N-dealkylation sites (tertiary alicyclic amines) is 1. The van der Waals surface area contributed by atoms with E-state index in [-0.39, 0.29) is 17.9 Å². The Morgan fingerprint density at radius 3 is 2.64 bits per heavy atom. The van der Waals surface area contributed by atoms with Crippen LogP contribution in [0.1, 0.15) is 33.7 Å². The van der Waals surface area contributed by atoms with Crippen LogP contribution in [0.25, 0.3) is 0 Å². The quantitative estimate of drug-likeness (QED) is 0.898. The fourth-order valence-corrected chi connectivity index (χ4v) is 3.19. The van der Waals surface area contributed by atoms with E-state index in [4.69, 9.17) is 0 Å². The molecule has 6 nitrogen and oxygen atoms in total. The maximum atomic E-state index is 12.7. The topological polar surface area (TPSA) is 68.4 Å². The summed E-state index contributed by atoms with van der Waals surface area (Å²) in [5.74, 6) is -0.186. The summed E-state index contributed by atoms with van der Waals surface area (Å²) < 4.78 is 0. The molecule has 2 amide bonds. The number of hydrogen-bond acceptors (Lipinski definition) is 3. The second kappa shape index (κ2) is 7.53. The Labute approximate surface area is 147 Å². The molecule has 1 aliphatic heterocycles. The van der Waals surface area contributed by atoms with Gasteiger partial charge in [0, 0.05) is 37.1 Å². The standard InChI is InChI=1S/C19H24N4O2/c1-22-12-4-5-16(13-22)23(2)19(25)14-7-9-15(10-8-14)21-18(24)17-6-3-11-20-17/h3,6-11,16,20H,4-5,12-13H2,1-2H3,(H,21,24)/t16-/m1/s1. The fraction of sp³-hybridized carbons (Fsp3) is 0.368. The van der Waals surface area contributed by atoms with E-state index in [0.717, 1.165) is 25.9 Å². The number of nitrogens with one attached hydrogen (secondary N) is 2. The lowest BCUT2D eigenvalue weighted by atomic mass is 10.0. The highest BCUT2D eigenvalue weighted by Gasteiger charge is 2.25. The van der Waals surface area contributed by atoms with Crippen LogP contribution in [0.5, 0.6) is 0 Å². The number of carbonyl (C=O) groups is 2. The van der Waals surface area contributed by atoms with Crippen molar-refractivity contribution in [1.82, 2.24) is 14.8 Å². The molecule has 0 radical (unpaired) electrons. The Kier molecular flexibility index (Phi) is 5.19. The molecule has 3 rings (SSSR count). The lowest BCUT2D eigenvalue weighted by molar-refractivity contribution is 0.0644. The van der Waals surface area contributed by atoms with Crippen molar-refractivity contribution >= 4 is 17.5 Å². The number of nitrogens with zero attached hydrogens (tertiary/aromatic N) is 2. The Hall–Kier alpha value is -2.60. The summed E-state index contributed by atoms with van der Waals surface area (Å²) in [5.41, 5.74) is 1.80. The van der Waals surface area contributed by atoms with Gasteiger partial charge in [-0.1, -0.05) is 0 Å². The molecule has 0 bridgehead atoms. The van der Waals surface area contributed by atoms with E-state index < -0.39 is 0 Å². The Bertz CT molecular complexity index is 724. The predicted molar refractivity (Wildman–Crippen MR) is 97.8 cm³/mol. The molecule has 1 aliphatic rings. The number of hydrogen-bond donors (Lipinski definition) is 2. The Balaban J connectivity index is 1.63. The maximum Gasteiger partial charge on any atom is 0.272 e. The van der Waals surface area contributed by atoms with E-state index in [9.17, 15) is 9.59 Å². The molecule has 6 heteroatoms. The number of aromatic nitrogens is 1. The molecule has 0 unspecified atom stereocenters. The van der Waals surface area contributed by atoms with Crippen LogP contribution in [0, 0.1) is 0 Å². The fourth-order valence-electron chi connectivity index (χ4n) is 3.19. The summed E-state index contributed by atoms with van der Waals surface area (Å²) in [5, 5.41) is 2.81. The van der Waals surface area contributed by atoms with Crippen LogP contribution in [0.3, 0.4) is 0 Å². The zero-order valence-electron chi connectivity index (χ0n) is 14.7. The molecule has 132 valence electrons. The summed E-state index contributed by atoms with van der Waals surface area (Å²) in [6, 6.07) is 10.8. The van der Waals surface area contributed by atoms with Crippen LogP contribution in [0.2, 0.25) is 0 Å². The number of aromatic amines is 1. The third kappa shape index (κ3) is 4.09. The summed E-state index contributed by atoms with van der Waals surface area (Å²) >= 11 is 0. The molecule has 0 saturated carbocycles. The second-order valence-electron chi connectivity index (χ2n) is 6.59. The lowest BCUT2D eigenvalue weighted by Crippen LogP contribution is -2.47. The van der Waals surface area contributed by atoms with Crippen molar-refractivity contribution in [3.05, 3.63) is 53.9 Å². The molecule has 0 spiro atoms. The van der Waals surface area contributed by atoms with Gasteiger partial charge in [0.1, 0.15) is 5.69 Å². The monoisotopic (exact) mass is 340 g/mol. The van der Waals surface area contributed by atoms with Crippen LogP contribution in [0.15, 0.2) is 42.6 Å². The van der Waals surface area contributed by atoms with E-state index in [0.29, 0.717) is 16.9 Å². The number of piperidine rings is 1. The smallest absolute Gasteiger partial charge is 0.272 e. The number of rotatable bonds is 4. The third-order valence-electron chi connectivity index (χ3n) is 4.70. The zero-order chi connectivity index (χ0) is 17.8. The van der Waals surface area contributed by atoms with Crippen molar-refractivity contribution in [1.29, 1.82) is 0 Å². The minimum Gasteiger partial charge on any atom is -0.357 e. The largest absolute Gasteiger partial charge is 0.357 e. The minimum absolute atomic E-state index is 0.0162. The van der Waals surface area contributed by atoms with Crippen LogP contribution in [-0.2, 0) is 0 Å². The summed E-state index contributed by atoms with van der Waals surface area (Å²) in [7, 11) is 3.96. The van der Waals surface area contributed by atoms with Gasteiger partial charge in [0.15, 0.2) is 0 Å². The molecule has 1 fully saturated rings. The van der Waals surface area contributed by atoms with Gasteiger partial charge in [0.05, 0.1) is 0 Å². The van der Waals surface area contributed by atoms with Crippen molar-refractivity contribution in [2.45, 2.75) is 18.9 Å². The minimum atomic E-state index is -0.202. The average Bonchev–Trinajstić information content (AvgIpc) is 3.16. The number of H-pyrrole nitrogens is 1. The summed E-state index contributed by atoms with van der Waals surface area (Å²) in [6.45, 7) is 2.00. The second-order valence-corrected chi connectivity index (χ2v) is 6.59. The lowest BCUT2D eigenvalue weighted by Gasteiger charge is -2.35. The number of likely N-dealkylation sites (N-methyl/N-ethyl adjacent to an activating group) is 2. The van der Waals surface area contributed by atoms with Gasteiger partial charge >= 0.3 is 0 Å². The van der Waals surface area contributed by atoms with Gasteiger partial charge in [0.25, 0.3) is 11.8 Å². The highest BCUT2D eigenvalue weighted by atomic mass is 16.2. The van der Waals surface area contributed by atoms with Gasteiger partial charge < -0.3 is 20.1 Å². The highest BCUT2D eigenvalue weighted by Crippen LogP contribution is 2.17. The molecule has 2 aromatic rings. The SMILES string of the molecule is CN1CCC[C@@H](N(C)C(=O)c2ccc(NC(=O)c3ccc[nH]3)cc2)C1. The van der Waals surface area contributed by atoms with E-state index in [2.05, 4.69) is 22.2 Å². The van der Waals surface area contributed by atoms with Crippen molar-refractivity contribution in [3.8, 4) is 0 Å². The van der Waals surface area contributed by atoms with Gasteiger partial charge in [-0.3, -0.25) is 9.59 Å². The molecule has 2 N–H and O–H groups in total. The predicted octanol–water partition coefficient (Wildman–Crippen LogP) is 2.43. The third-order valence-corrected chi connectivity index (χ3v) is 4.70. The first-order valence-electron chi connectivity index (χ1n) is 8.55. The van der Waals surface area contributed by atoms with Gasteiger partial charge in [0.2, 0.25) is 0 Å². The average molecular weight is 340 g/mol. The molecular formula is C19H24N4O2. The normalized spacial score (nSPS) is 17.9. The van der Waals surface area contributed by atoms with Crippen LogP contribution >= 0.6 is 0 Å². The zero-order valence-corrected chi connectivity index (χ0v) is 14.7. The van der Waals surface area contributed by atoms with Crippen molar-refractivity contribution in [2.75, 3.05) is 32.5 Å². The van der Waals surface area contributed by atoms with Gasteiger partial charge in [-0.15, -0.1) is 0 Å². The molecule has 1 atom stereocenters. The van der Waals surface area contributed by atoms with Crippen LogP contribution in [-0.4, -0.2) is 59.8 Å². The molecule has 1 aromatic heterocycles. The first kappa shape index (κ1) is 17.2. The molecule has 2 heterocycles. The van der Waals surface area contributed by atoms with Crippen molar-refractivity contribution in [2.24, 2.45) is 0 Å². The van der Waals surface area contributed by atoms with E-state index in [1.54, 1.807) is 42.6 Å². The first-order valence-corrected chi connectivity index (χ1v) is 8.55. The molecule has 25 heavy (non-hydrogen) atoms. The summed E-state index contributed by atoms with van der Waals surface area (Å²) in [6.07, 6.45) is 3.86. The van der Waals surface area contributed by atoms with Crippen LogP contribution < -0.4 is 5.32 Å². The number of amides is 2. The summed E-state index contributed by atoms with van der Waals surface area (Å²) in [4.78, 5) is 31.7. The molecular weight excluding hydrogens is 316 g/mol. The van der Waals surface area contributed by atoms with Crippen LogP contribution in [0.4, 0.5) is 5.69 Å². The first-order chi connectivity index (χ1) is 12.0. The van der Waals surface area contributed by atoms with Gasteiger partial charge in [-0.2, -0.15) is 0 Å². The van der Waals surface area contributed by atoms with E-state index in [1.807, 2.05) is 11.9 Å². The Morgan fingerprint density at radius 2 is 2.00 bits per heavy atom. The number of benzene rings is 1. The molecule has 1 saturated heterocycles. The molecule has 1 aromatic carbocycles. The van der Waals surface area contributed by atoms with E-state index >= 15 is 0 Å². The van der Waals surface area contributed by atoms with Crippen molar-refractivity contribution in [3.63, 3.8) is 0 Å². The Morgan fingerprint density at radius 1 is 1.24 bits per heavy atom. The highest BCUT2D eigenvalue weighted by molar-refractivity contribution is 6.03. The van der Waals surface area contributed by atoms with E-state index in [1.165, 1.54) is 0 Å². The number of carbonyl (C=O) groups excluding carboxylic acids is 2. The van der Waals surface area contributed by atoms with Gasteiger partial charge in [-0.05, 0) is 62.8 Å². The maximum absolute atomic E-state index is 12.7.